The third kappa shape index (κ3) is 4.28. The maximum absolute atomic E-state index is 12.5. The molecule has 0 fully saturated rings. The number of hydrogen-bond acceptors (Lipinski definition) is 3. The Morgan fingerprint density at radius 2 is 2.00 bits per heavy atom. The molecule has 126 valence electrons. The first kappa shape index (κ1) is 21.0. The Hall–Kier alpha value is -0.970. The van der Waals surface area contributed by atoms with Crippen molar-refractivity contribution in [2.75, 3.05) is 23.7 Å². The molecule has 4 N–H and O–H groups in total. The number of rotatable bonds is 5. The number of carbonyl (C=O) groups excluding carboxylic acids is 1. The highest BCUT2D eigenvalue weighted by Gasteiger charge is 2.33. The molecule has 0 atom stereocenters. The molecule has 1 aromatic rings. The number of carbonyl (C=O) groups is 1. The van der Waals surface area contributed by atoms with Gasteiger partial charge in [-0.2, -0.15) is 0 Å². The van der Waals surface area contributed by atoms with E-state index in [1.54, 1.807) is 0 Å². The van der Waals surface area contributed by atoms with Gasteiger partial charge in [-0.25, -0.2) is 0 Å². The Morgan fingerprint density at radius 3 is 2.59 bits per heavy atom. The van der Waals surface area contributed by atoms with Crippen LogP contribution in [0.1, 0.15) is 38.7 Å². The number of fused-ring (bicyclic) bond motifs is 1. The molecule has 0 bridgehead atoms. The van der Waals surface area contributed by atoms with Crippen molar-refractivity contribution >= 4 is 42.1 Å². The van der Waals surface area contributed by atoms with Crippen molar-refractivity contribution in [3.63, 3.8) is 0 Å². The van der Waals surface area contributed by atoms with E-state index in [1.165, 1.54) is 11.3 Å². The molecule has 0 aromatic heterocycles. The van der Waals surface area contributed by atoms with Crippen LogP contribution >= 0.6 is 24.8 Å². The van der Waals surface area contributed by atoms with E-state index in [0.29, 0.717) is 6.54 Å². The summed E-state index contributed by atoms with van der Waals surface area (Å²) in [5.41, 5.74) is 8.71. The second-order valence-corrected chi connectivity index (χ2v) is 5.55. The molecule has 0 saturated heterocycles. The largest absolute Gasteiger partial charge is 0.385 e. The molecule has 1 amide bonds. The summed E-state index contributed by atoms with van der Waals surface area (Å²) >= 11 is 0. The summed E-state index contributed by atoms with van der Waals surface area (Å²) in [5, 5.41) is 6.41. The van der Waals surface area contributed by atoms with E-state index in [0.717, 1.165) is 37.9 Å². The van der Waals surface area contributed by atoms with E-state index < -0.39 is 5.41 Å². The van der Waals surface area contributed by atoms with Gasteiger partial charge in [-0.3, -0.25) is 4.79 Å². The monoisotopic (exact) mass is 347 g/mol. The van der Waals surface area contributed by atoms with Gasteiger partial charge in [0.15, 0.2) is 0 Å². The van der Waals surface area contributed by atoms with E-state index in [9.17, 15) is 4.79 Å². The van der Waals surface area contributed by atoms with Crippen LogP contribution < -0.4 is 16.4 Å². The summed E-state index contributed by atoms with van der Waals surface area (Å²) in [6, 6.07) is 6.08. The fourth-order valence-electron chi connectivity index (χ4n) is 2.77. The van der Waals surface area contributed by atoms with Crippen LogP contribution in [0.4, 0.5) is 11.4 Å². The number of amides is 1. The smallest absolute Gasteiger partial charge is 0.231 e. The van der Waals surface area contributed by atoms with Gasteiger partial charge in [-0.15, -0.1) is 24.8 Å². The lowest BCUT2D eigenvalue weighted by Crippen LogP contribution is -2.41. The first-order valence-corrected chi connectivity index (χ1v) is 7.53. The Kier molecular flexibility index (Phi) is 8.83. The van der Waals surface area contributed by atoms with Crippen molar-refractivity contribution in [1.82, 2.24) is 0 Å². The average Bonchev–Trinajstić information content (AvgIpc) is 2.49. The number of anilines is 2. The summed E-state index contributed by atoms with van der Waals surface area (Å²) in [5.74, 6) is 0.0359. The van der Waals surface area contributed by atoms with E-state index in [1.807, 2.05) is 26.0 Å². The van der Waals surface area contributed by atoms with Crippen LogP contribution in [0.5, 0.6) is 0 Å². The average molecular weight is 348 g/mol. The standard InChI is InChI=1S/C16H25N3O.2ClH/c1-3-16(4-2,11-17)15(20)19-13-7-8-14-12(10-13)6-5-9-18-14;;/h7-8,10,18H,3-6,9,11,17H2,1-2H3,(H,19,20);2*1H. The minimum Gasteiger partial charge on any atom is -0.385 e. The normalized spacial score (nSPS) is 13.0. The molecule has 22 heavy (non-hydrogen) atoms. The lowest BCUT2D eigenvalue weighted by atomic mass is 9.81. The highest BCUT2D eigenvalue weighted by atomic mass is 35.5. The Labute approximate surface area is 145 Å². The zero-order valence-electron chi connectivity index (χ0n) is 13.3. The highest BCUT2D eigenvalue weighted by molar-refractivity contribution is 5.95. The van der Waals surface area contributed by atoms with E-state index in [-0.39, 0.29) is 30.7 Å². The molecule has 0 spiro atoms. The minimum absolute atomic E-state index is 0. The van der Waals surface area contributed by atoms with Crippen LogP contribution in [0.25, 0.3) is 0 Å². The van der Waals surface area contributed by atoms with Gasteiger partial charge in [0.25, 0.3) is 0 Å². The topological polar surface area (TPSA) is 67.2 Å². The molecule has 1 aromatic carbocycles. The first-order valence-electron chi connectivity index (χ1n) is 7.53. The van der Waals surface area contributed by atoms with Gasteiger partial charge in [0.1, 0.15) is 0 Å². The number of benzene rings is 1. The summed E-state index contributed by atoms with van der Waals surface area (Å²) in [6.07, 6.45) is 3.73. The Morgan fingerprint density at radius 1 is 1.32 bits per heavy atom. The summed E-state index contributed by atoms with van der Waals surface area (Å²) in [4.78, 5) is 12.5. The molecule has 0 saturated carbocycles. The molecule has 1 aliphatic rings. The van der Waals surface area contributed by atoms with Crippen molar-refractivity contribution in [3.8, 4) is 0 Å². The van der Waals surface area contributed by atoms with Gasteiger partial charge in [0.05, 0.1) is 5.41 Å². The predicted octanol–water partition coefficient (Wildman–Crippen LogP) is 3.59. The molecule has 2 rings (SSSR count). The van der Waals surface area contributed by atoms with Crippen LogP contribution in [0.3, 0.4) is 0 Å². The predicted molar refractivity (Wildman–Crippen MR) is 98.4 cm³/mol. The number of aryl methyl sites for hydroxylation is 1. The minimum atomic E-state index is -0.450. The number of halogens is 2. The maximum atomic E-state index is 12.5. The number of nitrogens with one attached hydrogen (secondary N) is 2. The zero-order chi connectivity index (χ0) is 14.6. The quantitative estimate of drug-likeness (QED) is 0.762. The molecule has 4 nitrogen and oxygen atoms in total. The van der Waals surface area contributed by atoms with Gasteiger partial charge in [0, 0.05) is 24.5 Å². The van der Waals surface area contributed by atoms with Crippen molar-refractivity contribution in [1.29, 1.82) is 0 Å². The van der Waals surface area contributed by atoms with E-state index in [4.69, 9.17) is 5.73 Å². The Bertz CT molecular complexity index is 482. The first-order chi connectivity index (χ1) is 9.65. The SMILES string of the molecule is CCC(CC)(CN)C(=O)Nc1ccc2c(c1)CCCN2.Cl.Cl. The van der Waals surface area contributed by atoms with Gasteiger partial charge in [-0.05, 0) is 49.4 Å². The number of nitrogens with two attached hydrogens (primary N) is 1. The second-order valence-electron chi connectivity index (χ2n) is 5.55. The van der Waals surface area contributed by atoms with E-state index >= 15 is 0 Å². The summed E-state index contributed by atoms with van der Waals surface area (Å²) in [6.45, 7) is 5.46. The van der Waals surface area contributed by atoms with Gasteiger partial charge in [-0.1, -0.05) is 13.8 Å². The van der Waals surface area contributed by atoms with Crippen molar-refractivity contribution in [2.24, 2.45) is 11.1 Å². The lowest BCUT2D eigenvalue weighted by Gasteiger charge is -2.29. The van der Waals surface area contributed by atoms with Crippen molar-refractivity contribution in [3.05, 3.63) is 23.8 Å². The third-order valence-corrected chi connectivity index (χ3v) is 4.53. The van der Waals surface area contributed by atoms with Crippen molar-refractivity contribution in [2.45, 2.75) is 39.5 Å². The fraction of sp³-hybridized carbons (Fsp3) is 0.562. The lowest BCUT2D eigenvalue weighted by molar-refractivity contribution is -0.125. The van der Waals surface area contributed by atoms with Crippen LogP contribution in [0.2, 0.25) is 0 Å². The molecule has 1 aliphatic heterocycles. The van der Waals surface area contributed by atoms with Crippen LogP contribution in [-0.2, 0) is 11.2 Å². The Balaban J connectivity index is 0.00000220. The molecule has 6 heteroatoms. The fourth-order valence-corrected chi connectivity index (χ4v) is 2.77. The molecular weight excluding hydrogens is 321 g/mol. The molecule has 0 unspecified atom stereocenters. The summed E-state index contributed by atoms with van der Waals surface area (Å²) < 4.78 is 0. The molecule has 0 radical (unpaired) electrons. The molecular formula is C16H27Cl2N3O. The molecule has 0 aliphatic carbocycles. The van der Waals surface area contributed by atoms with E-state index in [2.05, 4.69) is 16.7 Å². The highest BCUT2D eigenvalue weighted by Crippen LogP contribution is 2.29. The van der Waals surface area contributed by atoms with Crippen LogP contribution in [0.15, 0.2) is 18.2 Å². The second kappa shape index (κ2) is 9.23. The van der Waals surface area contributed by atoms with Gasteiger partial charge in [0.2, 0.25) is 5.91 Å². The van der Waals surface area contributed by atoms with Gasteiger partial charge < -0.3 is 16.4 Å². The number of hydrogen-bond donors (Lipinski definition) is 3. The van der Waals surface area contributed by atoms with Gasteiger partial charge >= 0.3 is 0 Å². The summed E-state index contributed by atoms with van der Waals surface area (Å²) in [7, 11) is 0. The zero-order valence-corrected chi connectivity index (χ0v) is 14.9. The van der Waals surface area contributed by atoms with Crippen molar-refractivity contribution < 1.29 is 4.79 Å². The third-order valence-electron chi connectivity index (χ3n) is 4.53. The molecule has 1 heterocycles. The van der Waals surface area contributed by atoms with Crippen LogP contribution in [0, 0.1) is 5.41 Å². The maximum Gasteiger partial charge on any atom is 0.231 e. The van der Waals surface area contributed by atoms with Crippen LogP contribution in [-0.4, -0.2) is 19.0 Å².